The number of aromatic nitrogens is 3. The summed E-state index contributed by atoms with van der Waals surface area (Å²) in [5, 5.41) is 4.23. The first-order valence-electron chi connectivity index (χ1n) is 10.8. The highest BCUT2D eigenvalue weighted by Gasteiger charge is 2.58. The molecular formula is C24H24FN5O3. The van der Waals surface area contributed by atoms with E-state index in [4.69, 9.17) is 4.74 Å². The number of carbonyl (C=O) groups is 2. The second-order valence-corrected chi connectivity index (χ2v) is 8.49. The van der Waals surface area contributed by atoms with Crippen LogP contribution in [0.4, 0.5) is 4.39 Å². The van der Waals surface area contributed by atoms with Crippen molar-refractivity contribution < 1.29 is 18.7 Å². The zero-order valence-corrected chi connectivity index (χ0v) is 18.2. The Morgan fingerprint density at radius 1 is 1.24 bits per heavy atom. The van der Waals surface area contributed by atoms with Gasteiger partial charge in [-0.05, 0) is 35.4 Å². The third-order valence-corrected chi connectivity index (χ3v) is 6.36. The number of ether oxygens (including phenoxy) is 1. The maximum absolute atomic E-state index is 13.9. The van der Waals surface area contributed by atoms with Crippen molar-refractivity contribution >= 4 is 11.8 Å². The molecule has 3 aromatic rings. The molecule has 2 atom stereocenters. The van der Waals surface area contributed by atoms with Crippen LogP contribution in [0.2, 0.25) is 0 Å². The fraction of sp³-hybridized carbons (Fsp3) is 0.333. The number of carbonyl (C=O) groups excluding carboxylic acids is 2. The van der Waals surface area contributed by atoms with Crippen LogP contribution in [0.15, 0.2) is 61.1 Å². The number of amides is 2. The molecule has 1 aromatic carbocycles. The quantitative estimate of drug-likeness (QED) is 0.609. The molecule has 5 rings (SSSR count). The molecule has 170 valence electrons. The molecule has 33 heavy (non-hydrogen) atoms. The summed E-state index contributed by atoms with van der Waals surface area (Å²) >= 11 is 0. The normalized spacial score (nSPS) is 22.8. The second kappa shape index (κ2) is 8.40. The molecule has 0 bridgehead atoms. The van der Waals surface area contributed by atoms with Gasteiger partial charge < -0.3 is 14.5 Å². The molecule has 0 radical (unpaired) electrons. The van der Waals surface area contributed by atoms with Gasteiger partial charge in [-0.2, -0.15) is 5.10 Å². The van der Waals surface area contributed by atoms with Gasteiger partial charge in [0, 0.05) is 51.2 Å². The predicted molar refractivity (Wildman–Crippen MR) is 117 cm³/mol. The summed E-state index contributed by atoms with van der Waals surface area (Å²) in [5.41, 5.74) is 0.780. The molecule has 0 N–H and O–H groups in total. The van der Waals surface area contributed by atoms with Gasteiger partial charge in [-0.3, -0.25) is 19.3 Å². The topological polar surface area (TPSA) is 80.6 Å². The Labute approximate surface area is 190 Å². The van der Waals surface area contributed by atoms with Crippen LogP contribution in [0.3, 0.4) is 0 Å². The number of halogens is 1. The lowest BCUT2D eigenvalue weighted by Gasteiger charge is -2.42. The number of morpholine rings is 1. The highest BCUT2D eigenvalue weighted by molar-refractivity contribution is 5.95. The molecule has 2 aliphatic heterocycles. The molecular weight excluding hydrogens is 425 g/mol. The maximum Gasteiger partial charge on any atom is 0.274 e. The smallest absolute Gasteiger partial charge is 0.274 e. The van der Waals surface area contributed by atoms with Crippen molar-refractivity contribution in [1.82, 2.24) is 24.6 Å². The molecule has 0 saturated carbocycles. The van der Waals surface area contributed by atoms with E-state index in [9.17, 15) is 14.0 Å². The van der Waals surface area contributed by atoms with Gasteiger partial charge in [-0.25, -0.2) is 4.39 Å². The van der Waals surface area contributed by atoms with E-state index in [-0.39, 0.29) is 30.1 Å². The summed E-state index contributed by atoms with van der Waals surface area (Å²) < 4.78 is 21.1. The van der Waals surface area contributed by atoms with Gasteiger partial charge >= 0.3 is 0 Å². The minimum atomic E-state index is -1.22. The number of hydrogen-bond acceptors (Lipinski definition) is 5. The van der Waals surface area contributed by atoms with E-state index in [0.717, 1.165) is 11.1 Å². The standard InChI is InChI=1S/C24H24FN5O3/c1-28-10-8-21(27-28)22(31)30-15-20(18-3-2-9-26-13-18)24(16-30)23(32)29(11-12-33-24)14-17-4-6-19(25)7-5-17/h2-10,13,20H,11-12,14-16H2,1H3/t20-,24+/m1/s1. The molecule has 4 heterocycles. The lowest BCUT2D eigenvalue weighted by Crippen LogP contribution is -2.60. The summed E-state index contributed by atoms with van der Waals surface area (Å²) in [6.07, 6.45) is 5.10. The van der Waals surface area contributed by atoms with E-state index in [1.54, 1.807) is 58.3 Å². The van der Waals surface area contributed by atoms with Crippen molar-refractivity contribution in [2.45, 2.75) is 18.1 Å². The highest BCUT2D eigenvalue weighted by atomic mass is 19.1. The monoisotopic (exact) mass is 449 g/mol. The van der Waals surface area contributed by atoms with E-state index < -0.39 is 5.60 Å². The number of rotatable bonds is 4. The average Bonchev–Trinajstić information content (AvgIpc) is 3.43. The predicted octanol–water partition coefficient (Wildman–Crippen LogP) is 1.99. The summed E-state index contributed by atoms with van der Waals surface area (Å²) in [4.78, 5) is 34.6. The summed E-state index contributed by atoms with van der Waals surface area (Å²) in [6, 6.07) is 11.5. The lowest BCUT2D eigenvalue weighted by atomic mass is 9.83. The van der Waals surface area contributed by atoms with Crippen LogP contribution in [0.5, 0.6) is 0 Å². The number of nitrogens with zero attached hydrogens (tertiary/aromatic N) is 5. The molecule has 2 aliphatic rings. The van der Waals surface area contributed by atoms with Gasteiger partial charge in [-0.1, -0.05) is 18.2 Å². The van der Waals surface area contributed by atoms with Gasteiger partial charge in [0.1, 0.15) is 11.5 Å². The Balaban J connectivity index is 1.47. The molecule has 0 aliphatic carbocycles. The number of likely N-dealkylation sites (tertiary alicyclic amines) is 1. The third-order valence-electron chi connectivity index (χ3n) is 6.36. The lowest BCUT2D eigenvalue weighted by molar-refractivity contribution is -0.172. The van der Waals surface area contributed by atoms with E-state index in [0.29, 0.717) is 31.9 Å². The van der Waals surface area contributed by atoms with Gasteiger partial charge in [0.05, 0.1) is 13.2 Å². The van der Waals surface area contributed by atoms with Gasteiger partial charge in [0.25, 0.3) is 11.8 Å². The fourth-order valence-corrected chi connectivity index (χ4v) is 4.72. The Hall–Kier alpha value is -3.59. The average molecular weight is 449 g/mol. The van der Waals surface area contributed by atoms with Crippen molar-refractivity contribution in [3.05, 3.63) is 83.7 Å². The number of benzene rings is 1. The number of aryl methyl sites for hydroxylation is 1. The van der Waals surface area contributed by atoms with Crippen LogP contribution in [-0.2, 0) is 23.1 Å². The molecule has 8 nitrogen and oxygen atoms in total. The first-order chi connectivity index (χ1) is 16.0. The van der Waals surface area contributed by atoms with E-state index in [1.807, 2.05) is 12.1 Å². The molecule has 1 spiro atoms. The zero-order valence-electron chi connectivity index (χ0n) is 18.2. The summed E-state index contributed by atoms with van der Waals surface area (Å²) in [5.74, 6) is -1.11. The minimum Gasteiger partial charge on any atom is -0.361 e. The van der Waals surface area contributed by atoms with Crippen LogP contribution >= 0.6 is 0 Å². The van der Waals surface area contributed by atoms with Crippen LogP contribution < -0.4 is 0 Å². The van der Waals surface area contributed by atoms with Crippen LogP contribution in [-0.4, -0.2) is 68.2 Å². The highest BCUT2D eigenvalue weighted by Crippen LogP contribution is 2.42. The number of hydrogen-bond donors (Lipinski definition) is 0. The molecule has 0 unspecified atom stereocenters. The molecule has 2 saturated heterocycles. The number of pyridine rings is 1. The molecule has 2 aromatic heterocycles. The van der Waals surface area contributed by atoms with Gasteiger partial charge in [0.2, 0.25) is 0 Å². The van der Waals surface area contributed by atoms with Crippen molar-refractivity contribution in [2.24, 2.45) is 7.05 Å². The zero-order chi connectivity index (χ0) is 23.0. The Bertz CT molecular complexity index is 1170. The summed E-state index contributed by atoms with van der Waals surface area (Å²) in [7, 11) is 1.75. The van der Waals surface area contributed by atoms with Crippen molar-refractivity contribution in [3.63, 3.8) is 0 Å². The largest absolute Gasteiger partial charge is 0.361 e. The first-order valence-corrected chi connectivity index (χ1v) is 10.8. The van der Waals surface area contributed by atoms with Crippen molar-refractivity contribution in [1.29, 1.82) is 0 Å². The molecule has 9 heteroatoms. The van der Waals surface area contributed by atoms with Gasteiger partial charge in [-0.15, -0.1) is 0 Å². The van der Waals surface area contributed by atoms with E-state index >= 15 is 0 Å². The van der Waals surface area contributed by atoms with Gasteiger partial charge in [0.15, 0.2) is 5.60 Å². The Morgan fingerprint density at radius 2 is 2.06 bits per heavy atom. The molecule has 2 fully saturated rings. The SMILES string of the molecule is Cn1ccc(C(=O)N2C[C@H](c3cccnc3)[C@]3(C2)OCCN(Cc2ccc(F)cc2)C3=O)n1. The van der Waals surface area contributed by atoms with Crippen LogP contribution in [0.1, 0.15) is 27.5 Å². The maximum atomic E-state index is 13.9. The molecule has 2 amide bonds. The summed E-state index contributed by atoms with van der Waals surface area (Å²) in [6.45, 7) is 1.55. The third kappa shape index (κ3) is 3.89. The van der Waals surface area contributed by atoms with Crippen molar-refractivity contribution in [2.75, 3.05) is 26.2 Å². The van der Waals surface area contributed by atoms with Crippen LogP contribution in [0.25, 0.3) is 0 Å². The second-order valence-electron chi connectivity index (χ2n) is 8.49. The fourth-order valence-electron chi connectivity index (χ4n) is 4.72. The van der Waals surface area contributed by atoms with E-state index in [2.05, 4.69) is 10.1 Å². The Morgan fingerprint density at radius 3 is 2.76 bits per heavy atom. The first kappa shape index (κ1) is 21.3. The van der Waals surface area contributed by atoms with Crippen molar-refractivity contribution in [3.8, 4) is 0 Å². The van der Waals surface area contributed by atoms with Crippen LogP contribution in [0, 0.1) is 5.82 Å². The van der Waals surface area contributed by atoms with E-state index in [1.165, 1.54) is 12.1 Å². The minimum absolute atomic E-state index is 0.126. The Kier molecular flexibility index (Phi) is 5.41.